The van der Waals surface area contributed by atoms with E-state index in [9.17, 15) is 4.39 Å². The van der Waals surface area contributed by atoms with Gasteiger partial charge in [0.2, 0.25) is 0 Å². The molecule has 1 aromatic rings. The summed E-state index contributed by atoms with van der Waals surface area (Å²) in [6.45, 7) is 2.93. The monoisotopic (exact) mass is 227 g/mol. The highest BCUT2D eigenvalue weighted by molar-refractivity contribution is 7.80. The van der Waals surface area contributed by atoms with Crippen molar-refractivity contribution in [3.63, 3.8) is 0 Å². The van der Waals surface area contributed by atoms with Crippen LogP contribution in [0.3, 0.4) is 0 Å². The Bertz CT molecular complexity index is 354. The lowest BCUT2D eigenvalue weighted by atomic mass is 10.1. The van der Waals surface area contributed by atoms with Gasteiger partial charge in [-0.25, -0.2) is 4.39 Å². The normalized spacial score (nSPS) is 10.3. The number of hydrogen-bond acceptors (Lipinski definition) is 2. The van der Waals surface area contributed by atoms with Crippen LogP contribution in [-0.4, -0.2) is 11.6 Å². The number of hydrogen-bond donors (Lipinski definition) is 1. The van der Waals surface area contributed by atoms with E-state index in [4.69, 9.17) is 22.7 Å². The molecule has 0 aliphatic heterocycles. The van der Waals surface area contributed by atoms with Gasteiger partial charge in [0, 0.05) is 17.7 Å². The summed E-state index contributed by atoms with van der Waals surface area (Å²) >= 11 is 4.75. The Hall–Kier alpha value is -1.00. The molecule has 0 radical (unpaired) electrons. The van der Waals surface area contributed by atoms with Crippen LogP contribution in [0.5, 0.6) is 0 Å². The molecule has 82 valence electrons. The fourth-order valence-electron chi connectivity index (χ4n) is 1.14. The maximum absolute atomic E-state index is 13.4. The van der Waals surface area contributed by atoms with Gasteiger partial charge in [0.15, 0.2) is 0 Å². The van der Waals surface area contributed by atoms with Crippen LogP contribution in [-0.2, 0) is 11.3 Å². The smallest absolute Gasteiger partial charge is 0.129 e. The minimum atomic E-state index is -0.323. The van der Waals surface area contributed by atoms with Crippen molar-refractivity contribution in [2.45, 2.75) is 20.0 Å². The molecule has 0 heterocycles. The highest BCUT2D eigenvalue weighted by Gasteiger charge is 2.04. The Kier molecular flexibility index (Phi) is 4.65. The number of rotatable bonds is 5. The van der Waals surface area contributed by atoms with Crippen LogP contribution in [0.15, 0.2) is 18.2 Å². The molecule has 0 amide bonds. The quantitative estimate of drug-likeness (QED) is 0.619. The van der Waals surface area contributed by atoms with Crippen molar-refractivity contribution in [2.24, 2.45) is 5.73 Å². The largest absolute Gasteiger partial charge is 0.389 e. The molecule has 0 unspecified atom stereocenters. The molecule has 0 aliphatic carbocycles. The lowest BCUT2D eigenvalue weighted by Crippen LogP contribution is -2.10. The van der Waals surface area contributed by atoms with Gasteiger partial charge in [-0.1, -0.05) is 31.3 Å². The van der Waals surface area contributed by atoms with Gasteiger partial charge in [0.25, 0.3) is 0 Å². The van der Waals surface area contributed by atoms with E-state index in [1.165, 1.54) is 6.07 Å². The molecule has 1 rings (SSSR count). The molecule has 0 aromatic heterocycles. The van der Waals surface area contributed by atoms with E-state index < -0.39 is 0 Å². The van der Waals surface area contributed by atoms with Crippen LogP contribution in [0, 0.1) is 5.82 Å². The van der Waals surface area contributed by atoms with Crippen LogP contribution in [0.25, 0.3) is 0 Å². The molecular formula is C11H14FNOS. The SMILES string of the molecule is CCCOCc1ccc(C(N)=S)cc1F. The van der Waals surface area contributed by atoms with Gasteiger partial charge in [0.05, 0.1) is 6.61 Å². The fraction of sp³-hybridized carbons (Fsp3) is 0.364. The van der Waals surface area contributed by atoms with Crippen molar-refractivity contribution in [3.8, 4) is 0 Å². The molecule has 0 spiro atoms. The molecule has 1 aromatic carbocycles. The van der Waals surface area contributed by atoms with E-state index in [2.05, 4.69) is 0 Å². The Morgan fingerprint density at radius 3 is 2.80 bits per heavy atom. The van der Waals surface area contributed by atoms with E-state index in [0.717, 1.165) is 6.42 Å². The predicted octanol–water partition coefficient (Wildman–Crippen LogP) is 2.39. The van der Waals surface area contributed by atoms with Crippen LogP contribution in [0.2, 0.25) is 0 Å². The number of ether oxygens (including phenoxy) is 1. The summed E-state index contributed by atoms with van der Waals surface area (Å²) in [4.78, 5) is 0.204. The molecular weight excluding hydrogens is 213 g/mol. The first-order valence-corrected chi connectivity index (χ1v) is 5.22. The standard InChI is InChI=1S/C11H14FNOS/c1-2-5-14-7-9-4-3-8(11(13)15)6-10(9)12/h3-4,6H,2,5,7H2,1H3,(H2,13,15). The Balaban J connectivity index is 2.70. The highest BCUT2D eigenvalue weighted by atomic mass is 32.1. The number of nitrogens with two attached hydrogens (primary N) is 1. The van der Waals surface area contributed by atoms with Crippen LogP contribution < -0.4 is 5.73 Å². The van der Waals surface area contributed by atoms with Gasteiger partial charge < -0.3 is 10.5 Å². The third-order valence-electron chi connectivity index (χ3n) is 1.94. The summed E-state index contributed by atoms with van der Waals surface area (Å²) in [6.07, 6.45) is 0.923. The first kappa shape index (κ1) is 12.1. The Morgan fingerprint density at radius 2 is 2.27 bits per heavy atom. The maximum atomic E-state index is 13.4. The number of thiocarbonyl (C=S) groups is 1. The maximum Gasteiger partial charge on any atom is 0.129 e. The van der Waals surface area contributed by atoms with Crippen LogP contribution in [0.4, 0.5) is 4.39 Å². The van der Waals surface area contributed by atoms with Gasteiger partial charge in [-0.15, -0.1) is 0 Å². The molecule has 2 nitrogen and oxygen atoms in total. The summed E-state index contributed by atoms with van der Waals surface area (Å²) in [6, 6.07) is 4.70. The average Bonchev–Trinajstić information content (AvgIpc) is 2.20. The summed E-state index contributed by atoms with van der Waals surface area (Å²) in [5.41, 5.74) is 6.46. The van der Waals surface area contributed by atoms with E-state index in [1.54, 1.807) is 12.1 Å². The lowest BCUT2D eigenvalue weighted by Gasteiger charge is -2.05. The van der Waals surface area contributed by atoms with Gasteiger partial charge >= 0.3 is 0 Å². The van der Waals surface area contributed by atoms with Crippen molar-refractivity contribution in [1.82, 2.24) is 0 Å². The summed E-state index contributed by atoms with van der Waals surface area (Å²) in [5.74, 6) is -0.323. The molecule has 0 fully saturated rings. The van der Waals surface area contributed by atoms with Gasteiger partial charge in [0.1, 0.15) is 10.8 Å². The number of halogens is 1. The van der Waals surface area contributed by atoms with Crippen LogP contribution >= 0.6 is 12.2 Å². The first-order chi connectivity index (χ1) is 7.15. The second-order valence-electron chi connectivity index (χ2n) is 3.22. The van der Waals surface area contributed by atoms with Gasteiger partial charge in [-0.2, -0.15) is 0 Å². The minimum Gasteiger partial charge on any atom is -0.389 e. The summed E-state index contributed by atoms with van der Waals surface area (Å²) in [7, 11) is 0. The fourth-order valence-corrected chi connectivity index (χ4v) is 1.27. The molecule has 0 atom stereocenters. The van der Waals surface area contributed by atoms with E-state index in [-0.39, 0.29) is 17.4 Å². The molecule has 0 saturated heterocycles. The third-order valence-corrected chi connectivity index (χ3v) is 2.18. The summed E-state index contributed by atoms with van der Waals surface area (Å²) in [5, 5.41) is 0. The van der Waals surface area contributed by atoms with Crippen molar-refractivity contribution in [1.29, 1.82) is 0 Å². The highest BCUT2D eigenvalue weighted by Crippen LogP contribution is 2.11. The van der Waals surface area contributed by atoms with Crippen molar-refractivity contribution in [3.05, 3.63) is 35.1 Å². The zero-order chi connectivity index (χ0) is 11.3. The first-order valence-electron chi connectivity index (χ1n) is 4.81. The van der Waals surface area contributed by atoms with E-state index in [0.29, 0.717) is 17.7 Å². The van der Waals surface area contributed by atoms with Gasteiger partial charge in [-0.05, 0) is 12.5 Å². The summed E-state index contributed by atoms with van der Waals surface area (Å²) < 4.78 is 18.7. The third kappa shape index (κ3) is 3.57. The second kappa shape index (κ2) is 5.78. The lowest BCUT2D eigenvalue weighted by molar-refractivity contribution is 0.119. The molecule has 4 heteroatoms. The molecule has 0 saturated carbocycles. The Morgan fingerprint density at radius 1 is 1.53 bits per heavy atom. The van der Waals surface area contributed by atoms with Gasteiger partial charge in [-0.3, -0.25) is 0 Å². The Labute approximate surface area is 94.2 Å². The van der Waals surface area contributed by atoms with Crippen LogP contribution in [0.1, 0.15) is 24.5 Å². The molecule has 2 N–H and O–H groups in total. The zero-order valence-electron chi connectivity index (χ0n) is 8.63. The predicted molar refractivity (Wildman–Crippen MR) is 62.2 cm³/mol. The van der Waals surface area contributed by atoms with E-state index >= 15 is 0 Å². The topological polar surface area (TPSA) is 35.2 Å². The minimum absolute atomic E-state index is 0.204. The molecule has 0 bridgehead atoms. The van der Waals surface area contributed by atoms with Crippen molar-refractivity contribution in [2.75, 3.05) is 6.61 Å². The van der Waals surface area contributed by atoms with Crippen molar-refractivity contribution < 1.29 is 9.13 Å². The van der Waals surface area contributed by atoms with E-state index in [1.807, 2.05) is 6.92 Å². The zero-order valence-corrected chi connectivity index (χ0v) is 9.44. The molecule has 15 heavy (non-hydrogen) atoms. The molecule has 0 aliphatic rings. The van der Waals surface area contributed by atoms with Crippen molar-refractivity contribution >= 4 is 17.2 Å². The average molecular weight is 227 g/mol. The number of benzene rings is 1. The second-order valence-corrected chi connectivity index (χ2v) is 3.66.